The molecule has 28 heavy (non-hydrogen) atoms. The van der Waals surface area contributed by atoms with Gasteiger partial charge in [0, 0.05) is 28.9 Å². The van der Waals surface area contributed by atoms with E-state index in [-0.39, 0.29) is 18.0 Å². The zero-order valence-corrected chi connectivity index (χ0v) is 16.2. The van der Waals surface area contributed by atoms with Gasteiger partial charge in [-0.3, -0.25) is 9.69 Å². The SMILES string of the molecule is Cc1cc(Cl)c(C(C)O)cc1NC(=O)N1C=CC(=O)C[C@H]1c1ccc(F)cc1. The van der Waals surface area contributed by atoms with Crippen LogP contribution < -0.4 is 5.32 Å². The summed E-state index contributed by atoms with van der Waals surface area (Å²) in [6.07, 6.45) is 2.09. The number of nitrogens with zero attached hydrogens (tertiary/aromatic N) is 1. The maximum Gasteiger partial charge on any atom is 0.326 e. The number of rotatable bonds is 3. The molecule has 0 saturated carbocycles. The predicted molar refractivity (Wildman–Crippen MR) is 106 cm³/mol. The molecule has 3 rings (SSSR count). The first-order valence-electron chi connectivity index (χ1n) is 8.80. The number of benzene rings is 2. The molecule has 0 aromatic heterocycles. The Morgan fingerprint density at radius 2 is 2.00 bits per heavy atom. The van der Waals surface area contributed by atoms with Crippen molar-refractivity contribution in [1.82, 2.24) is 4.90 Å². The Labute approximate surface area is 167 Å². The fraction of sp³-hybridized carbons (Fsp3) is 0.238. The van der Waals surface area contributed by atoms with E-state index in [0.29, 0.717) is 21.8 Å². The van der Waals surface area contributed by atoms with E-state index in [1.54, 1.807) is 38.1 Å². The van der Waals surface area contributed by atoms with Crippen molar-refractivity contribution in [2.75, 3.05) is 5.32 Å². The van der Waals surface area contributed by atoms with Crippen molar-refractivity contribution >= 4 is 29.1 Å². The molecule has 2 atom stereocenters. The summed E-state index contributed by atoms with van der Waals surface area (Å²) in [4.78, 5) is 26.2. The largest absolute Gasteiger partial charge is 0.389 e. The Balaban J connectivity index is 1.89. The number of anilines is 1. The van der Waals surface area contributed by atoms with Gasteiger partial charge in [0.1, 0.15) is 5.82 Å². The van der Waals surface area contributed by atoms with E-state index in [0.717, 1.165) is 5.56 Å². The van der Waals surface area contributed by atoms with Crippen molar-refractivity contribution in [3.63, 3.8) is 0 Å². The monoisotopic (exact) mass is 402 g/mol. The summed E-state index contributed by atoms with van der Waals surface area (Å²) in [5, 5.41) is 13.1. The number of carbonyl (C=O) groups is 2. The van der Waals surface area contributed by atoms with Crippen molar-refractivity contribution in [1.29, 1.82) is 0 Å². The van der Waals surface area contributed by atoms with Crippen molar-refractivity contribution in [2.24, 2.45) is 0 Å². The van der Waals surface area contributed by atoms with E-state index < -0.39 is 18.2 Å². The first-order chi connectivity index (χ1) is 13.3. The highest BCUT2D eigenvalue weighted by Gasteiger charge is 2.29. The molecule has 0 aliphatic carbocycles. The number of halogens is 2. The fourth-order valence-electron chi connectivity index (χ4n) is 3.12. The molecule has 1 heterocycles. The van der Waals surface area contributed by atoms with Crippen molar-refractivity contribution in [2.45, 2.75) is 32.4 Å². The Morgan fingerprint density at radius 3 is 2.64 bits per heavy atom. The van der Waals surface area contributed by atoms with Crippen molar-refractivity contribution in [3.8, 4) is 0 Å². The van der Waals surface area contributed by atoms with Crippen LogP contribution in [0.5, 0.6) is 0 Å². The lowest BCUT2D eigenvalue weighted by Crippen LogP contribution is -2.37. The summed E-state index contributed by atoms with van der Waals surface area (Å²) in [7, 11) is 0. The topological polar surface area (TPSA) is 69.6 Å². The number of aliphatic hydroxyl groups excluding tert-OH is 1. The first kappa shape index (κ1) is 20.0. The minimum absolute atomic E-state index is 0.105. The molecule has 1 aliphatic heterocycles. The number of amides is 2. The lowest BCUT2D eigenvalue weighted by molar-refractivity contribution is -0.116. The molecule has 0 spiro atoms. The van der Waals surface area contributed by atoms with Crippen LogP contribution in [-0.2, 0) is 4.79 Å². The van der Waals surface area contributed by atoms with E-state index >= 15 is 0 Å². The van der Waals surface area contributed by atoms with Crippen LogP contribution in [0.3, 0.4) is 0 Å². The normalized spacial score (nSPS) is 17.5. The van der Waals surface area contributed by atoms with Crippen LogP contribution in [0.15, 0.2) is 48.7 Å². The quantitative estimate of drug-likeness (QED) is 0.766. The van der Waals surface area contributed by atoms with Gasteiger partial charge in [-0.2, -0.15) is 0 Å². The van der Waals surface area contributed by atoms with Gasteiger partial charge in [0.25, 0.3) is 0 Å². The second-order valence-corrected chi connectivity index (χ2v) is 7.16. The number of urea groups is 1. The lowest BCUT2D eigenvalue weighted by atomic mass is 9.97. The zero-order chi connectivity index (χ0) is 20.4. The average Bonchev–Trinajstić information content (AvgIpc) is 2.64. The number of nitrogens with one attached hydrogen (secondary N) is 1. The van der Waals surface area contributed by atoms with Crippen molar-refractivity contribution < 1.29 is 19.1 Å². The number of hydrogen-bond donors (Lipinski definition) is 2. The molecule has 1 aliphatic rings. The molecule has 2 aromatic rings. The molecule has 0 fully saturated rings. The van der Waals surface area contributed by atoms with Gasteiger partial charge in [-0.25, -0.2) is 9.18 Å². The van der Waals surface area contributed by atoms with Gasteiger partial charge in [-0.1, -0.05) is 23.7 Å². The Bertz CT molecular complexity index is 941. The average molecular weight is 403 g/mol. The number of allylic oxidation sites excluding steroid dienone is 1. The maximum atomic E-state index is 13.2. The molecular formula is C21H20ClFN2O3. The molecular weight excluding hydrogens is 383 g/mol. The van der Waals surface area contributed by atoms with Crippen LogP contribution in [0.2, 0.25) is 5.02 Å². The number of ketones is 1. The standard InChI is InChI=1S/C21H20ClFN2O3/c1-12-9-18(22)17(13(2)26)11-19(12)24-21(28)25-8-7-16(27)10-20(25)14-3-5-15(23)6-4-14/h3-9,11,13,20,26H,10H2,1-2H3,(H,24,28)/t13?,20-/m0/s1. The molecule has 2 aromatic carbocycles. The smallest absolute Gasteiger partial charge is 0.326 e. The van der Waals surface area contributed by atoms with Gasteiger partial charge in [-0.15, -0.1) is 0 Å². The second-order valence-electron chi connectivity index (χ2n) is 6.76. The van der Waals surface area contributed by atoms with Crippen LogP contribution in [-0.4, -0.2) is 21.8 Å². The van der Waals surface area contributed by atoms with Gasteiger partial charge < -0.3 is 10.4 Å². The highest BCUT2D eigenvalue weighted by atomic mass is 35.5. The van der Waals surface area contributed by atoms with Crippen LogP contribution in [0.25, 0.3) is 0 Å². The van der Waals surface area contributed by atoms with E-state index in [1.165, 1.54) is 29.3 Å². The van der Waals surface area contributed by atoms with E-state index in [4.69, 9.17) is 11.6 Å². The number of hydrogen-bond acceptors (Lipinski definition) is 3. The summed E-state index contributed by atoms with van der Waals surface area (Å²) >= 11 is 6.15. The Kier molecular flexibility index (Phi) is 5.82. The first-order valence-corrected chi connectivity index (χ1v) is 9.18. The minimum Gasteiger partial charge on any atom is -0.389 e. The summed E-state index contributed by atoms with van der Waals surface area (Å²) in [6.45, 7) is 3.38. The van der Waals surface area contributed by atoms with Gasteiger partial charge >= 0.3 is 6.03 Å². The maximum absolute atomic E-state index is 13.2. The third kappa shape index (κ3) is 4.24. The molecule has 0 radical (unpaired) electrons. The molecule has 5 nitrogen and oxygen atoms in total. The summed E-state index contributed by atoms with van der Waals surface area (Å²) < 4.78 is 13.2. The van der Waals surface area contributed by atoms with Crippen LogP contribution >= 0.6 is 11.6 Å². The summed E-state index contributed by atoms with van der Waals surface area (Å²) in [5.41, 5.74) is 2.40. The Hall–Kier alpha value is -2.70. The highest BCUT2D eigenvalue weighted by molar-refractivity contribution is 6.31. The molecule has 0 saturated heterocycles. The second kappa shape index (κ2) is 8.12. The molecule has 7 heteroatoms. The number of carbonyl (C=O) groups excluding carboxylic acids is 2. The third-order valence-electron chi connectivity index (χ3n) is 4.68. The number of aryl methyl sites for hydroxylation is 1. The van der Waals surface area contributed by atoms with Crippen molar-refractivity contribution in [3.05, 3.63) is 76.2 Å². The molecule has 2 amide bonds. The van der Waals surface area contributed by atoms with Gasteiger partial charge in [0.05, 0.1) is 12.1 Å². The third-order valence-corrected chi connectivity index (χ3v) is 5.00. The lowest BCUT2D eigenvalue weighted by Gasteiger charge is -2.31. The summed E-state index contributed by atoms with van der Waals surface area (Å²) in [5.74, 6) is -0.502. The van der Waals surface area contributed by atoms with Crippen LogP contribution in [0.1, 0.15) is 42.2 Å². The van der Waals surface area contributed by atoms with Gasteiger partial charge in [0.2, 0.25) is 0 Å². The molecule has 146 valence electrons. The molecule has 2 N–H and O–H groups in total. The Morgan fingerprint density at radius 1 is 1.32 bits per heavy atom. The van der Waals surface area contributed by atoms with E-state index in [9.17, 15) is 19.1 Å². The highest BCUT2D eigenvalue weighted by Crippen LogP contribution is 2.32. The summed E-state index contributed by atoms with van der Waals surface area (Å²) in [6, 6.07) is 8.04. The predicted octanol–water partition coefficient (Wildman–Crippen LogP) is 4.90. The van der Waals surface area contributed by atoms with Gasteiger partial charge in [-0.05, 0) is 55.3 Å². The number of aliphatic hydroxyl groups is 1. The van der Waals surface area contributed by atoms with Crippen LogP contribution in [0, 0.1) is 12.7 Å². The zero-order valence-electron chi connectivity index (χ0n) is 15.4. The van der Waals surface area contributed by atoms with Gasteiger partial charge in [0.15, 0.2) is 5.78 Å². The molecule has 1 unspecified atom stereocenters. The van der Waals surface area contributed by atoms with E-state index in [1.807, 2.05) is 0 Å². The van der Waals surface area contributed by atoms with Crippen LogP contribution in [0.4, 0.5) is 14.9 Å². The minimum atomic E-state index is -0.789. The fourth-order valence-corrected chi connectivity index (χ4v) is 3.50. The van der Waals surface area contributed by atoms with E-state index in [2.05, 4.69) is 5.32 Å². The molecule has 0 bridgehead atoms.